The molecule has 1 saturated carbocycles. The van der Waals surface area contributed by atoms with Crippen LogP contribution in [0, 0.1) is 5.92 Å². The second-order valence-corrected chi connectivity index (χ2v) is 7.98. The summed E-state index contributed by atoms with van der Waals surface area (Å²) in [5.74, 6) is 1.45. The maximum Gasteiger partial charge on any atom is 0.0545 e. The molecule has 0 aliphatic heterocycles. The van der Waals surface area contributed by atoms with E-state index in [1.54, 1.807) is 0 Å². The van der Waals surface area contributed by atoms with E-state index in [0.29, 0.717) is 12.0 Å². The third-order valence-corrected chi connectivity index (χ3v) is 6.02. The highest BCUT2D eigenvalue weighted by Crippen LogP contribution is 2.28. The summed E-state index contributed by atoms with van der Waals surface area (Å²) in [5, 5.41) is 3.62. The number of rotatable bonds is 7. The van der Waals surface area contributed by atoms with Crippen LogP contribution >= 0.6 is 15.9 Å². The predicted octanol–water partition coefficient (Wildman–Crippen LogP) is 4.12. The Bertz CT molecular complexity index is 429. The Labute approximate surface area is 133 Å². The van der Waals surface area contributed by atoms with Crippen LogP contribution in [-0.4, -0.2) is 22.5 Å². The first-order chi connectivity index (χ1) is 9.70. The molecule has 0 radical (unpaired) electrons. The van der Waals surface area contributed by atoms with E-state index in [1.807, 2.05) is 24.3 Å². The van der Waals surface area contributed by atoms with Gasteiger partial charge in [0.2, 0.25) is 0 Å². The van der Waals surface area contributed by atoms with E-state index in [9.17, 15) is 4.21 Å². The molecular formula is C16H24BrNOS. The second kappa shape index (κ2) is 8.30. The van der Waals surface area contributed by atoms with Gasteiger partial charge in [0, 0.05) is 21.2 Å². The van der Waals surface area contributed by atoms with Crippen molar-refractivity contribution in [2.75, 3.05) is 12.3 Å². The van der Waals surface area contributed by atoms with Crippen molar-refractivity contribution in [3.63, 3.8) is 0 Å². The summed E-state index contributed by atoms with van der Waals surface area (Å²) < 4.78 is 13.6. The van der Waals surface area contributed by atoms with Crippen molar-refractivity contribution in [2.24, 2.45) is 5.92 Å². The van der Waals surface area contributed by atoms with Gasteiger partial charge in [-0.15, -0.1) is 0 Å². The molecule has 1 fully saturated rings. The van der Waals surface area contributed by atoms with Gasteiger partial charge in [0.05, 0.1) is 10.8 Å². The summed E-state index contributed by atoms with van der Waals surface area (Å²) in [6, 6.07) is 8.27. The minimum absolute atomic E-state index is 0.405. The zero-order valence-electron chi connectivity index (χ0n) is 12.1. The van der Waals surface area contributed by atoms with Crippen LogP contribution in [0.1, 0.15) is 39.0 Å². The first kappa shape index (κ1) is 16.2. The Morgan fingerprint density at radius 2 is 1.95 bits per heavy atom. The van der Waals surface area contributed by atoms with Gasteiger partial charge in [-0.1, -0.05) is 35.7 Å². The first-order valence-electron chi connectivity index (χ1n) is 7.58. The fraction of sp³-hybridized carbons (Fsp3) is 0.625. The van der Waals surface area contributed by atoms with Crippen molar-refractivity contribution in [3.8, 4) is 0 Å². The Balaban J connectivity index is 1.98. The zero-order chi connectivity index (χ0) is 14.4. The molecule has 1 N–H and O–H groups in total. The van der Waals surface area contributed by atoms with Crippen LogP contribution in [0.4, 0.5) is 0 Å². The smallest absolute Gasteiger partial charge is 0.0545 e. The predicted molar refractivity (Wildman–Crippen MR) is 89.5 cm³/mol. The Morgan fingerprint density at radius 1 is 1.30 bits per heavy atom. The molecule has 2 unspecified atom stereocenters. The standard InChI is InChI=1S/C16H24BrNOS/c1-2-11-18-16(13-5-3-4-6-13)12-20(19)15-9-7-14(17)8-10-15/h7-10,13,16,18H,2-6,11-12H2,1H3. The Morgan fingerprint density at radius 3 is 2.55 bits per heavy atom. The molecule has 0 spiro atoms. The highest BCUT2D eigenvalue weighted by atomic mass is 79.9. The van der Waals surface area contributed by atoms with Crippen molar-refractivity contribution in [3.05, 3.63) is 28.7 Å². The van der Waals surface area contributed by atoms with Crippen LogP contribution in [0.5, 0.6) is 0 Å². The lowest BCUT2D eigenvalue weighted by Gasteiger charge is -2.24. The molecule has 2 nitrogen and oxygen atoms in total. The number of nitrogens with one attached hydrogen (secondary N) is 1. The molecule has 0 heterocycles. The molecule has 1 aromatic rings. The van der Waals surface area contributed by atoms with Gasteiger partial charge in [0.15, 0.2) is 0 Å². The lowest BCUT2D eigenvalue weighted by molar-refractivity contribution is 0.385. The van der Waals surface area contributed by atoms with Crippen molar-refractivity contribution in [2.45, 2.75) is 50.0 Å². The van der Waals surface area contributed by atoms with Gasteiger partial charge in [-0.2, -0.15) is 0 Å². The quantitative estimate of drug-likeness (QED) is 0.795. The van der Waals surface area contributed by atoms with Crippen molar-refractivity contribution in [1.29, 1.82) is 0 Å². The van der Waals surface area contributed by atoms with Crippen molar-refractivity contribution in [1.82, 2.24) is 5.32 Å². The summed E-state index contributed by atoms with van der Waals surface area (Å²) in [6.45, 7) is 3.21. The molecule has 4 heteroatoms. The second-order valence-electron chi connectivity index (χ2n) is 5.57. The molecule has 0 amide bonds. The summed E-state index contributed by atoms with van der Waals surface area (Å²) in [4.78, 5) is 0.939. The number of hydrogen-bond donors (Lipinski definition) is 1. The highest BCUT2D eigenvalue weighted by molar-refractivity contribution is 9.10. The zero-order valence-corrected chi connectivity index (χ0v) is 14.5. The molecule has 0 saturated heterocycles. The van der Waals surface area contributed by atoms with E-state index in [4.69, 9.17) is 0 Å². The van der Waals surface area contributed by atoms with E-state index in [2.05, 4.69) is 28.2 Å². The summed E-state index contributed by atoms with van der Waals surface area (Å²) >= 11 is 3.42. The largest absolute Gasteiger partial charge is 0.313 e. The van der Waals surface area contributed by atoms with E-state index in [0.717, 1.165) is 28.1 Å². The van der Waals surface area contributed by atoms with Crippen LogP contribution in [0.25, 0.3) is 0 Å². The van der Waals surface area contributed by atoms with Crippen LogP contribution in [-0.2, 0) is 10.8 Å². The Hall–Kier alpha value is -0.190. The van der Waals surface area contributed by atoms with E-state index < -0.39 is 10.8 Å². The molecule has 1 aliphatic carbocycles. The van der Waals surface area contributed by atoms with Crippen LogP contribution < -0.4 is 5.32 Å². The molecule has 112 valence electrons. The average Bonchev–Trinajstić information content (AvgIpc) is 2.98. The monoisotopic (exact) mass is 357 g/mol. The van der Waals surface area contributed by atoms with Gasteiger partial charge in [-0.3, -0.25) is 4.21 Å². The first-order valence-corrected chi connectivity index (χ1v) is 9.69. The molecule has 0 aromatic heterocycles. The fourth-order valence-electron chi connectivity index (χ4n) is 2.90. The van der Waals surface area contributed by atoms with E-state index in [1.165, 1.54) is 25.7 Å². The molecular weight excluding hydrogens is 334 g/mol. The van der Waals surface area contributed by atoms with Crippen LogP contribution in [0.2, 0.25) is 0 Å². The molecule has 0 bridgehead atoms. The van der Waals surface area contributed by atoms with E-state index >= 15 is 0 Å². The molecule has 2 atom stereocenters. The summed E-state index contributed by atoms with van der Waals surface area (Å²) in [5.41, 5.74) is 0. The topological polar surface area (TPSA) is 29.1 Å². The van der Waals surface area contributed by atoms with E-state index in [-0.39, 0.29) is 0 Å². The van der Waals surface area contributed by atoms with Gasteiger partial charge < -0.3 is 5.32 Å². The van der Waals surface area contributed by atoms with Crippen molar-refractivity contribution < 1.29 is 4.21 Å². The fourth-order valence-corrected chi connectivity index (χ4v) is 4.51. The van der Waals surface area contributed by atoms with Gasteiger partial charge in [-0.05, 0) is 56.0 Å². The SMILES string of the molecule is CCCNC(CS(=O)c1ccc(Br)cc1)C1CCCC1. The van der Waals surface area contributed by atoms with Gasteiger partial charge in [-0.25, -0.2) is 0 Å². The lowest BCUT2D eigenvalue weighted by Crippen LogP contribution is -2.40. The minimum Gasteiger partial charge on any atom is -0.313 e. The lowest BCUT2D eigenvalue weighted by atomic mass is 10.00. The third kappa shape index (κ3) is 4.68. The maximum atomic E-state index is 12.5. The molecule has 1 aliphatic rings. The summed E-state index contributed by atoms with van der Waals surface area (Å²) in [6.07, 6.45) is 6.38. The van der Waals surface area contributed by atoms with Crippen molar-refractivity contribution >= 4 is 26.7 Å². The van der Waals surface area contributed by atoms with Crippen LogP contribution in [0.3, 0.4) is 0 Å². The molecule has 2 rings (SSSR count). The highest BCUT2D eigenvalue weighted by Gasteiger charge is 2.26. The third-order valence-electron chi connectivity index (χ3n) is 4.03. The van der Waals surface area contributed by atoms with Gasteiger partial charge in [0.1, 0.15) is 0 Å². The maximum absolute atomic E-state index is 12.5. The van der Waals surface area contributed by atoms with Crippen LogP contribution in [0.15, 0.2) is 33.6 Å². The normalized spacial score (nSPS) is 19.1. The molecule has 20 heavy (non-hydrogen) atoms. The Kier molecular flexibility index (Phi) is 6.72. The van der Waals surface area contributed by atoms with Gasteiger partial charge in [0.25, 0.3) is 0 Å². The summed E-state index contributed by atoms with van der Waals surface area (Å²) in [7, 11) is -0.905. The number of benzene rings is 1. The number of halogens is 1. The average molecular weight is 358 g/mol. The van der Waals surface area contributed by atoms with Gasteiger partial charge >= 0.3 is 0 Å². The molecule has 1 aromatic carbocycles. The number of hydrogen-bond acceptors (Lipinski definition) is 2. The minimum atomic E-state index is -0.905.